The molecular formula is C22H23ClFNO4. The first-order valence-corrected chi connectivity index (χ1v) is 9.93. The molecule has 1 fully saturated rings. The molecular weight excluding hydrogens is 397 g/mol. The average Bonchev–Trinajstić information content (AvgIpc) is 3.26. The van der Waals surface area contributed by atoms with Gasteiger partial charge in [0.25, 0.3) is 5.91 Å². The lowest BCUT2D eigenvalue weighted by Crippen LogP contribution is -2.35. The van der Waals surface area contributed by atoms with Gasteiger partial charge in [-0.2, -0.15) is 0 Å². The molecule has 2 aromatic rings. The second-order valence-electron chi connectivity index (χ2n) is 7.06. The number of hydrogen-bond acceptors (Lipinski definition) is 4. The van der Waals surface area contributed by atoms with Crippen molar-refractivity contribution in [1.82, 2.24) is 5.32 Å². The summed E-state index contributed by atoms with van der Waals surface area (Å²) in [5.74, 6) is -1.55. The quantitative estimate of drug-likeness (QED) is 0.661. The van der Waals surface area contributed by atoms with Gasteiger partial charge in [-0.1, -0.05) is 54.8 Å². The van der Waals surface area contributed by atoms with Crippen LogP contribution in [0.1, 0.15) is 47.6 Å². The number of methoxy groups -OCH3 is 1. The summed E-state index contributed by atoms with van der Waals surface area (Å²) in [5.41, 5.74) is 0.253. The molecule has 1 amide bonds. The standard InChI is InChI=1S/C22H23ClFNO4/c1-28-22(27)20(15-9-3-2-4-10-15)25-21(26)16-11-17(23)19(12-18(16)24)29-13-14-7-5-6-8-14/h2-4,9-12,14,20H,5-8,13H2,1H3,(H,25,26). The molecule has 0 aliphatic heterocycles. The number of ether oxygens (including phenoxy) is 2. The van der Waals surface area contributed by atoms with E-state index in [2.05, 4.69) is 5.32 Å². The van der Waals surface area contributed by atoms with E-state index in [0.717, 1.165) is 18.9 Å². The molecule has 0 radical (unpaired) electrons. The highest BCUT2D eigenvalue weighted by Gasteiger charge is 2.26. The molecule has 5 nitrogen and oxygen atoms in total. The zero-order valence-corrected chi connectivity index (χ0v) is 16.9. The molecule has 1 aliphatic rings. The van der Waals surface area contributed by atoms with Gasteiger partial charge < -0.3 is 14.8 Å². The van der Waals surface area contributed by atoms with Crippen LogP contribution >= 0.6 is 11.6 Å². The number of hydrogen-bond donors (Lipinski definition) is 1. The third-order valence-corrected chi connectivity index (χ3v) is 5.36. The van der Waals surface area contributed by atoms with Gasteiger partial charge in [-0.25, -0.2) is 9.18 Å². The van der Waals surface area contributed by atoms with Crippen LogP contribution in [0, 0.1) is 11.7 Å². The van der Waals surface area contributed by atoms with Gasteiger partial charge in [0, 0.05) is 6.07 Å². The molecule has 7 heteroatoms. The van der Waals surface area contributed by atoms with Crippen LogP contribution < -0.4 is 10.1 Å². The van der Waals surface area contributed by atoms with E-state index < -0.39 is 23.7 Å². The fraction of sp³-hybridized carbons (Fsp3) is 0.364. The molecule has 1 saturated carbocycles. The molecule has 0 saturated heterocycles. The van der Waals surface area contributed by atoms with Gasteiger partial charge in [0.2, 0.25) is 0 Å². The minimum atomic E-state index is -1.06. The average molecular weight is 420 g/mol. The van der Waals surface area contributed by atoms with Gasteiger partial charge in [0.1, 0.15) is 11.6 Å². The van der Waals surface area contributed by atoms with E-state index in [4.69, 9.17) is 21.1 Å². The molecule has 154 valence electrons. The minimum absolute atomic E-state index is 0.142. The topological polar surface area (TPSA) is 64.6 Å². The predicted molar refractivity (Wildman–Crippen MR) is 108 cm³/mol. The lowest BCUT2D eigenvalue weighted by atomic mass is 10.1. The maximum atomic E-state index is 14.6. The smallest absolute Gasteiger partial charge is 0.333 e. The Bertz CT molecular complexity index is 869. The number of carbonyl (C=O) groups excluding carboxylic acids is 2. The first kappa shape index (κ1) is 21.1. The molecule has 0 heterocycles. The van der Waals surface area contributed by atoms with Crippen LogP contribution in [0.5, 0.6) is 5.75 Å². The third-order valence-electron chi connectivity index (χ3n) is 5.06. The highest BCUT2D eigenvalue weighted by Crippen LogP contribution is 2.31. The van der Waals surface area contributed by atoms with Gasteiger partial charge in [0.05, 0.1) is 24.3 Å². The Kier molecular flexibility index (Phi) is 7.09. The molecule has 1 aliphatic carbocycles. The fourth-order valence-corrected chi connectivity index (χ4v) is 3.67. The number of amides is 1. The van der Waals surface area contributed by atoms with Crippen molar-refractivity contribution in [1.29, 1.82) is 0 Å². The van der Waals surface area contributed by atoms with Gasteiger partial charge in [-0.3, -0.25) is 4.79 Å². The van der Waals surface area contributed by atoms with Crippen molar-refractivity contribution >= 4 is 23.5 Å². The summed E-state index contributed by atoms with van der Waals surface area (Å²) < 4.78 is 25.0. The fourth-order valence-electron chi connectivity index (χ4n) is 3.45. The van der Waals surface area contributed by atoms with Crippen molar-refractivity contribution in [3.8, 4) is 5.75 Å². The van der Waals surface area contributed by atoms with E-state index in [1.807, 2.05) is 0 Å². The summed E-state index contributed by atoms with van der Waals surface area (Å²) in [6, 6.07) is 9.85. The zero-order chi connectivity index (χ0) is 20.8. The second-order valence-corrected chi connectivity index (χ2v) is 7.47. The first-order chi connectivity index (χ1) is 14.0. The van der Waals surface area contributed by atoms with E-state index in [-0.39, 0.29) is 16.3 Å². The van der Waals surface area contributed by atoms with Crippen LogP contribution in [0.4, 0.5) is 4.39 Å². The molecule has 0 aromatic heterocycles. The van der Waals surface area contributed by atoms with Crippen molar-refractivity contribution in [2.75, 3.05) is 13.7 Å². The maximum Gasteiger partial charge on any atom is 0.333 e. The Morgan fingerprint density at radius 3 is 2.55 bits per heavy atom. The van der Waals surface area contributed by atoms with Crippen molar-refractivity contribution in [3.63, 3.8) is 0 Å². The van der Waals surface area contributed by atoms with Gasteiger partial charge >= 0.3 is 5.97 Å². The lowest BCUT2D eigenvalue weighted by molar-refractivity contribution is -0.143. The second kappa shape index (κ2) is 9.74. The number of nitrogens with one attached hydrogen (secondary N) is 1. The summed E-state index contributed by atoms with van der Waals surface area (Å²) >= 11 is 6.21. The molecule has 3 rings (SSSR count). The zero-order valence-electron chi connectivity index (χ0n) is 16.1. The van der Waals surface area contributed by atoms with Gasteiger partial charge in [-0.15, -0.1) is 0 Å². The van der Waals surface area contributed by atoms with Crippen LogP contribution in [0.25, 0.3) is 0 Å². The molecule has 29 heavy (non-hydrogen) atoms. The third kappa shape index (κ3) is 5.26. The van der Waals surface area contributed by atoms with Gasteiger partial charge in [-0.05, 0) is 30.4 Å². The number of esters is 1. The predicted octanol–water partition coefficient (Wildman–Crippen LogP) is 4.69. The number of benzene rings is 2. The van der Waals surface area contributed by atoms with Gasteiger partial charge in [0.15, 0.2) is 6.04 Å². The highest BCUT2D eigenvalue weighted by atomic mass is 35.5. The van der Waals surface area contributed by atoms with Crippen LogP contribution in [0.15, 0.2) is 42.5 Å². The van der Waals surface area contributed by atoms with E-state index in [1.165, 1.54) is 26.0 Å². The summed E-state index contributed by atoms with van der Waals surface area (Å²) in [4.78, 5) is 24.8. The monoisotopic (exact) mass is 419 g/mol. The Hall–Kier alpha value is -2.60. The molecule has 1 unspecified atom stereocenters. The Balaban J connectivity index is 1.75. The first-order valence-electron chi connectivity index (χ1n) is 9.55. The van der Waals surface area contributed by atoms with Crippen molar-refractivity contribution in [2.24, 2.45) is 5.92 Å². The summed E-state index contributed by atoms with van der Waals surface area (Å²) in [5, 5.41) is 2.65. The van der Waals surface area contributed by atoms with Crippen LogP contribution in [0.2, 0.25) is 5.02 Å². The number of halogens is 2. The number of carbonyl (C=O) groups is 2. The molecule has 2 aromatic carbocycles. The molecule has 1 N–H and O–H groups in total. The summed E-state index contributed by atoms with van der Waals surface area (Å²) in [7, 11) is 1.22. The normalized spacial score (nSPS) is 15.0. The van der Waals surface area contributed by atoms with Crippen molar-refractivity contribution < 1.29 is 23.5 Å². The van der Waals surface area contributed by atoms with E-state index in [9.17, 15) is 14.0 Å². The van der Waals surface area contributed by atoms with Crippen LogP contribution in [-0.2, 0) is 9.53 Å². The maximum absolute atomic E-state index is 14.6. The van der Waals surface area contributed by atoms with Crippen LogP contribution in [0.3, 0.4) is 0 Å². The Morgan fingerprint density at radius 2 is 1.90 bits per heavy atom. The summed E-state index contributed by atoms with van der Waals surface area (Å²) in [6.45, 7) is 0.475. The van der Waals surface area contributed by atoms with E-state index in [0.29, 0.717) is 18.1 Å². The Labute approximate surface area is 174 Å². The highest BCUT2D eigenvalue weighted by molar-refractivity contribution is 6.32. The largest absolute Gasteiger partial charge is 0.492 e. The van der Waals surface area contributed by atoms with Crippen LogP contribution in [-0.4, -0.2) is 25.6 Å². The summed E-state index contributed by atoms with van der Waals surface area (Å²) in [6.07, 6.45) is 4.54. The Morgan fingerprint density at radius 1 is 1.21 bits per heavy atom. The molecule has 0 spiro atoms. The van der Waals surface area contributed by atoms with E-state index in [1.54, 1.807) is 30.3 Å². The molecule has 1 atom stereocenters. The minimum Gasteiger partial charge on any atom is -0.492 e. The van der Waals surface area contributed by atoms with E-state index >= 15 is 0 Å². The van der Waals surface area contributed by atoms with Crippen molar-refractivity contribution in [2.45, 2.75) is 31.7 Å². The van der Waals surface area contributed by atoms with Crippen molar-refractivity contribution in [3.05, 3.63) is 64.4 Å². The SMILES string of the molecule is COC(=O)C(NC(=O)c1cc(Cl)c(OCC2CCCC2)cc1F)c1ccccc1. The molecule has 0 bridgehead atoms. The lowest BCUT2D eigenvalue weighted by Gasteiger charge is -2.18. The number of rotatable bonds is 7.